The summed E-state index contributed by atoms with van der Waals surface area (Å²) in [5, 5.41) is 2.47. The Morgan fingerprint density at radius 1 is 1.13 bits per heavy atom. The van der Waals surface area contributed by atoms with Gasteiger partial charge in [0.15, 0.2) is 0 Å². The first-order chi connectivity index (χ1) is 14.6. The molecule has 1 fully saturated rings. The van der Waals surface area contributed by atoms with Crippen molar-refractivity contribution in [1.29, 1.82) is 0 Å². The predicted molar refractivity (Wildman–Crippen MR) is 109 cm³/mol. The molecule has 1 aliphatic rings. The van der Waals surface area contributed by atoms with E-state index in [0.717, 1.165) is 30.5 Å². The van der Waals surface area contributed by atoms with Gasteiger partial charge in [-0.2, -0.15) is 13.2 Å². The number of rotatable bonds is 9. The zero-order chi connectivity index (χ0) is 22.6. The minimum atomic E-state index is -4.54. The van der Waals surface area contributed by atoms with E-state index in [1.165, 1.54) is 18.2 Å². The first-order valence-electron chi connectivity index (χ1n) is 9.83. The van der Waals surface area contributed by atoms with Crippen LogP contribution in [0.5, 0.6) is 5.75 Å². The lowest BCUT2D eigenvalue weighted by Gasteiger charge is -2.14. The van der Waals surface area contributed by atoms with Gasteiger partial charge in [-0.15, -0.1) is 0 Å². The first kappa shape index (κ1) is 23.1. The summed E-state index contributed by atoms with van der Waals surface area (Å²) in [5.41, 5.74) is -0.202. The van der Waals surface area contributed by atoms with E-state index in [2.05, 4.69) is 10.0 Å². The monoisotopic (exact) mass is 456 g/mol. The third-order valence-corrected chi connectivity index (χ3v) is 6.19. The zero-order valence-corrected chi connectivity index (χ0v) is 17.6. The van der Waals surface area contributed by atoms with Crippen LogP contribution in [-0.4, -0.2) is 27.0 Å². The standard InChI is InChI=1S/C21H23F3N2O4S/c1-2-30-19-11-6-15(21(22,23)24)13-18(19)25-20(27)12-5-14-3-9-17(10-4-14)31(28,29)26-16-7-8-16/h3-4,6,9-11,13,16,26H,2,5,7-8,12H2,1H3,(H,25,27). The van der Waals surface area contributed by atoms with Gasteiger partial charge >= 0.3 is 6.18 Å². The molecule has 31 heavy (non-hydrogen) atoms. The fraction of sp³-hybridized carbons (Fsp3) is 0.381. The van der Waals surface area contributed by atoms with Crippen molar-refractivity contribution >= 4 is 21.6 Å². The summed E-state index contributed by atoms with van der Waals surface area (Å²) in [7, 11) is -3.55. The maximum Gasteiger partial charge on any atom is 0.416 e. The molecule has 2 aromatic rings. The Hall–Kier alpha value is -2.59. The Kier molecular flexibility index (Phi) is 6.90. The summed E-state index contributed by atoms with van der Waals surface area (Å²) in [6.07, 6.45) is -2.56. The second kappa shape index (κ2) is 9.27. The van der Waals surface area contributed by atoms with E-state index in [-0.39, 0.29) is 35.4 Å². The third-order valence-electron chi connectivity index (χ3n) is 4.65. The minimum Gasteiger partial charge on any atom is -0.492 e. The zero-order valence-electron chi connectivity index (χ0n) is 16.8. The average molecular weight is 456 g/mol. The Balaban J connectivity index is 1.62. The summed E-state index contributed by atoms with van der Waals surface area (Å²) >= 11 is 0. The number of nitrogens with one attached hydrogen (secondary N) is 2. The number of aryl methyl sites for hydroxylation is 1. The maximum atomic E-state index is 13.0. The molecule has 3 rings (SSSR count). The molecule has 0 unspecified atom stereocenters. The lowest BCUT2D eigenvalue weighted by molar-refractivity contribution is -0.137. The first-order valence-corrected chi connectivity index (χ1v) is 11.3. The second-order valence-electron chi connectivity index (χ2n) is 7.23. The third kappa shape index (κ3) is 6.44. The molecule has 0 spiro atoms. The van der Waals surface area contributed by atoms with E-state index in [9.17, 15) is 26.4 Å². The Morgan fingerprint density at radius 3 is 2.39 bits per heavy atom. The van der Waals surface area contributed by atoms with Crippen LogP contribution in [0.4, 0.5) is 18.9 Å². The maximum absolute atomic E-state index is 13.0. The average Bonchev–Trinajstić information content (AvgIpc) is 3.51. The molecule has 2 aromatic carbocycles. The fourth-order valence-corrected chi connectivity index (χ4v) is 4.18. The summed E-state index contributed by atoms with van der Waals surface area (Å²) < 4.78 is 71.2. The molecule has 0 aliphatic heterocycles. The highest BCUT2D eigenvalue weighted by molar-refractivity contribution is 7.89. The SMILES string of the molecule is CCOc1ccc(C(F)(F)F)cc1NC(=O)CCc1ccc(S(=O)(=O)NC2CC2)cc1. The van der Waals surface area contributed by atoms with Gasteiger partial charge in [-0.3, -0.25) is 4.79 Å². The molecule has 1 aliphatic carbocycles. The topological polar surface area (TPSA) is 84.5 Å². The number of amides is 1. The van der Waals surface area contributed by atoms with Crippen molar-refractivity contribution in [3.8, 4) is 5.75 Å². The lowest BCUT2D eigenvalue weighted by Crippen LogP contribution is -2.25. The Labute approximate surface area is 178 Å². The smallest absolute Gasteiger partial charge is 0.416 e. The van der Waals surface area contributed by atoms with Crippen LogP contribution in [0.1, 0.15) is 37.3 Å². The van der Waals surface area contributed by atoms with Gasteiger partial charge in [0.25, 0.3) is 0 Å². The van der Waals surface area contributed by atoms with Crippen molar-refractivity contribution in [3.63, 3.8) is 0 Å². The number of halogens is 3. The van der Waals surface area contributed by atoms with Crippen molar-refractivity contribution in [3.05, 3.63) is 53.6 Å². The van der Waals surface area contributed by atoms with Gasteiger partial charge in [-0.1, -0.05) is 12.1 Å². The van der Waals surface area contributed by atoms with Gasteiger partial charge in [-0.25, -0.2) is 13.1 Å². The lowest BCUT2D eigenvalue weighted by atomic mass is 10.1. The molecule has 0 heterocycles. The number of hydrogen-bond acceptors (Lipinski definition) is 4. The molecular weight excluding hydrogens is 433 g/mol. The Morgan fingerprint density at radius 2 is 1.81 bits per heavy atom. The molecule has 0 radical (unpaired) electrons. The van der Waals surface area contributed by atoms with E-state index in [4.69, 9.17) is 4.74 Å². The molecule has 1 amide bonds. The van der Waals surface area contributed by atoms with E-state index < -0.39 is 27.7 Å². The summed E-state index contributed by atoms with van der Waals surface area (Å²) in [4.78, 5) is 12.5. The molecule has 2 N–H and O–H groups in total. The number of carbonyl (C=O) groups excluding carboxylic acids is 1. The van der Waals surface area contributed by atoms with Gasteiger partial charge in [0.2, 0.25) is 15.9 Å². The van der Waals surface area contributed by atoms with Crippen LogP contribution in [0.3, 0.4) is 0 Å². The van der Waals surface area contributed by atoms with Crippen LogP contribution in [0.2, 0.25) is 0 Å². The summed E-state index contributed by atoms with van der Waals surface area (Å²) in [6, 6.07) is 9.09. The van der Waals surface area contributed by atoms with E-state index in [1.807, 2.05) is 0 Å². The normalized spacial score (nSPS) is 14.3. The van der Waals surface area contributed by atoms with Crippen molar-refractivity contribution in [2.45, 2.75) is 49.7 Å². The Bertz CT molecular complexity index is 1030. The van der Waals surface area contributed by atoms with Gasteiger partial charge in [0.05, 0.1) is 22.8 Å². The van der Waals surface area contributed by atoms with E-state index in [0.29, 0.717) is 6.42 Å². The van der Waals surface area contributed by atoms with Crippen LogP contribution >= 0.6 is 0 Å². The molecular formula is C21H23F3N2O4S. The van der Waals surface area contributed by atoms with Crippen LogP contribution in [-0.2, 0) is 27.4 Å². The van der Waals surface area contributed by atoms with Crippen molar-refractivity contribution in [2.75, 3.05) is 11.9 Å². The fourth-order valence-electron chi connectivity index (χ4n) is 2.88. The molecule has 0 saturated heterocycles. The highest BCUT2D eigenvalue weighted by atomic mass is 32.2. The largest absolute Gasteiger partial charge is 0.492 e. The van der Waals surface area contributed by atoms with Gasteiger partial charge < -0.3 is 10.1 Å². The molecule has 10 heteroatoms. The second-order valence-corrected chi connectivity index (χ2v) is 8.94. The number of hydrogen-bond donors (Lipinski definition) is 2. The number of alkyl halides is 3. The van der Waals surface area contributed by atoms with Gasteiger partial charge in [0.1, 0.15) is 5.75 Å². The highest BCUT2D eigenvalue weighted by Gasteiger charge is 2.31. The van der Waals surface area contributed by atoms with Crippen LogP contribution in [0.15, 0.2) is 47.4 Å². The molecule has 0 atom stereocenters. The molecule has 1 saturated carbocycles. The number of carbonyl (C=O) groups is 1. The number of sulfonamides is 1. The molecule has 168 valence electrons. The van der Waals surface area contributed by atoms with Crippen LogP contribution in [0.25, 0.3) is 0 Å². The van der Waals surface area contributed by atoms with E-state index >= 15 is 0 Å². The molecule has 0 bridgehead atoms. The molecule has 0 aromatic heterocycles. The quantitative estimate of drug-likeness (QED) is 0.595. The molecule has 6 nitrogen and oxygen atoms in total. The minimum absolute atomic E-state index is 0.00537. The predicted octanol–water partition coefficient (Wildman–Crippen LogP) is 4.12. The summed E-state index contributed by atoms with van der Waals surface area (Å²) in [5.74, 6) is -0.325. The highest BCUT2D eigenvalue weighted by Crippen LogP contribution is 2.35. The van der Waals surface area contributed by atoms with Crippen molar-refractivity contribution in [1.82, 2.24) is 4.72 Å². The number of anilines is 1. The van der Waals surface area contributed by atoms with Crippen molar-refractivity contribution in [2.24, 2.45) is 0 Å². The number of ether oxygens (including phenoxy) is 1. The van der Waals surface area contributed by atoms with Crippen LogP contribution in [0, 0.1) is 0 Å². The van der Waals surface area contributed by atoms with Crippen LogP contribution < -0.4 is 14.8 Å². The van der Waals surface area contributed by atoms with E-state index in [1.54, 1.807) is 19.1 Å². The van der Waals surface area contributed by atoms with Gasteiger partial charge in [0, 0.05) is 12.5 Å². The van der Waals surface area contributed by atoms with Crippen molar-refractivity contribution < 1.29 is 31.1 Å². The van der Waals surface area contributed by atoms with Gasteiger partial charge in [-0.05, 0) is 62.1 Å². The number of benzene rings is 2. The summed E-state index contributed by atoms with van der Waals surface area (Å²) in [6.45, 7) is 1.92.